The predicted octanol–water partition coefficient (Wildman–Crippen LogP) is 5.54. The van der Waals surface area contributed by atoms with Gasteiger partial charge in [0, 0.05) is 33.7 Å². The van der Waals surface area contributed by atoms with Crippen molar-refractivity contribution in [1.29, 1.82) is 0 Å². The van der Waals surface area contributed by atoms with Gasteiger partial charge in [0.05, 0.1) is 10.6 Å². The molecule has 0 radical (unpaired) electrons. The van der Waals surface area contributed by atoms with Crippen LogP contribution < -0.4 is 4.47 Å². The van der Waals surface area contributed by atoms with E-state index in [0.717, 1.165) is 17.3 Å². The number of benzene rings is 2. The molecule has 4 aromatic rings. The van der Waals surface area contributed by atoms with Gasteiger partial charge in [-0.25, -0.2) is 9.78 Å². The molecule has 0 bridgehead atoms. The number of sulfonamides is 1. The van der Waals surface area contributed by atoms with Gasteiger partial charge in [-0.05, 0) is 48.2 Å². The Bertz CT molecular complexity index is 1490. The van der Waals surface area contributed by atoms with E-state index in [1.165, 1.54) is 29.8 Å². The molecule has 34 heavy (non-hydrogen) atoms. The molecule has 4 rings (SSSR count). The molecule has 0 fully saturated rings. The van der Waals surface area contributed by atoms with Crippen LogP contribution in [0.4, 0.5) is 18.3 Å². The number of hydrogen-bond acceptors (Lipinski definition) is 7. The van der Waals surface area contributed by atoms with Crippen molar-refractivity contribution in [2.24, 2.45) is 0 Å². The Balaban J connectivity index is 1.81. The second-order valence-corrected chi connectivity index (χ2v) is 9.99. The zero-order chi connectivity index (χ0) is 24.7. The molecule has 2 aromatic carbocycles. The summed E-state index contributed by atoms with van der Waals surface area (Å²) in [6, 6.07) is 10.7. The second-order valence-electron chi connectivity index (χ2n) is 6.93. The molecular weight excluding hydrogens is 515 g/mol. The minimum Gasteiger partial charge on any atom is -0.314 e. The van der Waals surface area contributed by atoms with Crippen molar-refractivity contribution in [3.63, 3.8) is 0 Å². The molecule has 0 spiro atoms. The van der Waals surface area contributed by atoms with E-state index in [0.29, 0.717) is 32.8 Å². The molecule has 13 heteroatoms. The van der Waals surface area contributed by atoms with E-state index in [4.69, 9.17) is 11.6 Å². The van der Waals surface area contributed by atoms with Crippen LogP contribution in [0.15, 0.2) is 65.1 Å². The lowest BCUT2D eigenvalue weighted by Crippen LogP contribution is -2.38. The number of alkyl halides is 3. The van der Waals surface area contributed by atoms with Gasteiger partial charge in [-0.15, -0.1) is 11.3 Å². The third-order valence-electron chi connectivity index (χ3n) is 4.67. The number of nitrogens with zero attached hydrogens (tertiary/aromatic N) is 3. The Morgan fingerprint density at radius 2 is 1.85 bits per heavy atom. The fourth-order valence-corrected chi connectivity index (χ4v) is 5.41. The Labute approximate surface area is 200 Å². The maximum absolute atomic E-state index is 13.2. The topological polar surface area (TPSA) is 89.5 Å². The van der Waals surface area contributed by atoms with Crippen LogP contribution in [0.2, 0.25) is 5.02 Å². The van der Waals surface area contributed by atoms with Crippen LogP contribution in [0.25, 0.3) is 22.0 Å². The van der Waals surface area contributed by atoms with Crippen LogP contribution in [0.1, 0.15) is 5.56 Å². The number of halogens is 4. The van der Waals surface area contributed by atoms with E-state index in [1.807, 2.05) is 6.92 Å². The fourth-order valence-electron chi connectivity index (χ4n) is 3.14. The van der Waals surface area contributed by atoms with Crippen LogP contribution in [0.5, 0.6) is 0 Å². The highest BCUT2D eigenvalue weighted by atomic mass is 35.5. The number of carbonyl (C=O) groups excluding carboxylic acids is 1. The van der Waals surface area contributed by atoms with Crippen molar-refractivity contribution in [2.45, 2.75) is 18.0 Å². The highest BCUT2D eigenvalue weighted by Crippen LogP contribution is 2.33. The summed E-state index contributed by atoms with van der Waals surface area (Å²) in [4.78, 5) is 23.3. The van der Waals surface area contributed by atoms with Gasteiger partial charge in [0.2, 0.25) is 5.13 Å². The average Bonchev–Trinajstić information content (AvgIpc) is 3.30. The van der Waals surface area contributed by atoms with E-state index in [-0.39, 0.29) is 4.47 Å². The van der Waals surface area contributed by atoms with Gasteiger partial charge < -0.3 is 4.84 Å². The van der Waals surface area contributed by atoms with E-state index in [9.17, 15) is 26.4 Å². The third-order valence-corrected chi connectivity index (χ3v) is 7.29. The monoisotopic (exact) mass is 527 g/mol. The lowest BCUT2D eigenvalue weighted by molar-refractivity contribution is -0.199. The second kappa shape index (κ2) is 8.85. The standard InChI is InChI=1S/C21H13ClF3N3O4S2/c1-12-10-14(22)2-4-16(12)18-17-5-3-15(11-13(17)6-7-26-18)34(30,31)28(20-27-8-9-33-20)32-19(29)21(23,24)25/h2-11H,1H3. The number of hydrogen-bond donors (Lipinski definition) is 0. The van der Waals surface area contributed by atoms with Gasteiger partial charge in [-0.2, -0.15) is 21.6 Å². The summed E-state index contributed by atoms with van der Waals surface area (Å²) in [5.41, 5.74) is 2.18. The number of rotatable bonds is 5. The molecule has 2 heterocycles. The van der Waals surface area contributed by atoms with Gasteiger partial charge in [0.25, 0.3) is 10.0 Å². The zero-order valence-corrected chi connectivity index (χ0v) is 19.5. The number of aryl methyl sites for hydroxylation is 1. The molecule has 0 amide bonds. The summed E-state index contributed by atoms with van der Waals surface area (Å²) in [7, 11) is -4.76. The number of carbonyl (C=O) groups is 1. The molecule has 0 aliphatic carbocycles. The molecule has 0 saturated carbocycles. The smallest absolute Gasteiger partial charge is 0.314 e. The highest BCUT2D eigenvalue weighted by molar-refractivity contribution is 7.92. The lowest BCUT2D eigenvalue weighted by atomic mass is 10.0. The summed E-state index contributed by atoms with van der Waals surface area (Å²) < 4.78 is 64.6. The molecule has 2 aromatic heterocycles. The number of fused-ring (bicyclic) bond motifs is 1. The summed E-state index contributed by atoms with van der Waals surface area (Å²) in [6.45, 7) is 1.85. The average molecular weight is 528 g/mol. The molecule has 0 atom stereocenters. The van der Waals surface area contributed by atoms with Gasteiger partial charge in [-0.1, -0.05) is 28.2 Å². The molecule has 0 aliphatic heterocycles. The molecule has 0 unspecified atom stereocenters. The predicted molar refractivity (Wildman–Crippen MR) is 121 cm³/mol. The summed E-state index contributed by atoms with van der Waals surface area (Å²) in [5, 5.41) is 2.45. The first-order valence-electron chi connectivity index (χ1n) is 9.38. The molecule has 0 N–H and O–H groups in total. The first kappa shape index (κ1) is 23.9. The SMILES string of the molecule is Cc1cc(Cl)ccc1-c1nccc2cc(S(=O)(=O)N(OC(=O)C(F)(F)F)c3nccs3)ccc12. The lowest BCUT2D eigenvalue weighted by Gasteiger charge is -2.20. The molecule has 176 valence electrons. The largest absolute Gasteiger partial charge is 0.493 e. The Hall–Kier alpha value is -3.22. The molecular formula is C21H13ClF3N3O4S2. The highest BCUT2D eigenvalue weighted by Gasteiger charge is 2.45. The van der Waals surface area contributed by atoms with Crippen molar-refractivity contribution < 1.29 is 31.2 Å². The van der Waals surface area contributed by atoms with Crippen molar-refractivity contribution in [3.05, 3.63) is 70.8 Å². The summed E-state index contributed by atoms with van der Waals surface area (Å²) >= 11 is 6.71. The third kappa shape index (κ3) is 4.56. The summed E-state index contributed by atoms with van der Waals surface area (Å²) in [5.74, 6) is -2.70. The van der Waals surface area contributed by atoms with Crippen LogP contribution in [0.3, 0.4) is 0 Å². The first-order valence-corrected chi connectivity index (χ1v) is 12.1. The van der Waals surface area contributed by atoms with E-state index < -0.39 is 32.2 Å². The van der Waals surface area contributed by atoms with Gasteiger partial charge in [0.15, 0.2) is 0 Å². The first-order chi connectivity index (χ1) is 16.0. The maximum atomic E-state index is 13.2. The Morgan fingerprint density at radius 3 is 2.50 bits per heavy atom. The molecule has 7 nitrogen and oxygen atoms in total. The zero-order valence-electron chi connectivity index (χ0n) is 17.1. The number of aromatic nitrogens is 2. The molecule has 0 saturated heterocycles. The van der Waals surface area contributed by atoms with Crippen molar-refractivity contribution in [3.8, 4) is 11.3 Å². The van der Waals surface area contributed by atoms with Crippen molar-refractivity contribution in [2.75, 3.05) is 4.47 Å². The van der Waals surface area contributed by atoms with Gasteiger partial charge in [-0.3, -0.25) is 4.98 Å². The quantitative estimate of drug-likeness (QED) is 0.317. The number of anilines is 1. The summed E-state index contributed by atoms with van der Waals surface area (Å²) in [6.07, 6.45) is -2.77. The fraction of sp³-hybridized carbons (Fsp3) is 0.0952. The number of thiazole rings is 1. The normalized spacial score (nSPS) is 12.0. The Morgan fingerprint density at radius 1 is 1.09 bits per heavy atom. The van der Waals surface area contributed by atoms with Crippen molar-refractivity contribution in [1.82, 2.24) is 9.97 Å². The minimum absolute atomic E-state index is 0.125. The Kier molecular flexibility index (Phi) is 6.23. The van der Waals surface area contributed by atoms with E-state index >= 15 is 0 Å². The van der Waals surface area contributed by atoms with E-state index in [2.05, 4.69) is 14.8 Å². The maximum Gasteiger partial charge on any atom is 0.493 e. The molecule has 0 aliphatic rings. The van der Waals surface area contributed by atoms with Gasteiger partial charge >= 0.3 is 12.1 Å². The van der Waals surface area contributed by atoms with Crippen LogP contribution >= 0.6 is 22.9 Å². The van der Waals surface area contributed by atoms with Crippen LogP contribution in [0, 0.1) is 6.92 Å². The van der Waals surface area contributed by atoms with E-state index in [1.54, 1.807) is 24.3 Å². The van der Waals surface area contributed by atoms with Crippen molar-refractivity contribution >= 4 is 54.8 Å². The minimum atomic E-state index is -5.41. The number of pyridine rings is 1. The van der Waals surface area contributed by atoms with Crippen LogP contribution in [-0.4, -0.2) is 30.5 Å². The van der Waals surface area contributed by atoms with Crippen LogP contribution in [-0.2, 0) is 19.7 Å². The van der Waals surface area contributed by atoms with Gasteiger partial charge in [0.1, 0.15) is 0 Å².